The first-order valence-electron chi connectivity index (χ1n) is 8.07. The van der Waals surface area contributed by atoms with Gasteiger partial charge in [-0.25, -0.2) is 0 Å². The van der Waals surface area contributed by atoms with Crippen LogP contribution < -0.4 is 0 Å². The summed E-state index contributed by atoms with van der Waals surface area (Å²) in [6, 6.07) is 20.5. The maximum atomic E-state index is 11.9. The Bertz CT molecular complexity index is 1160. The third kappa shape index (κ3) is 2.70. The number of hydrogen-bond acceptors (Lipinski definition) is 2. The van der Waals surface area contributed by atoms with Crippen LogP contribution in [0.4, 0.5) is 5.69 Å². The fourth-order valence-electron chi connectivity index (χ4n) is 3.49. The summed E-state index contributed by atoms with van der Waals surface area (Å²) in [5, 5.41) is 15.2. The molecule has 0 aliphatic carbocycles. The van der Waals surface area contributed by atoms with Gasteiger partial charge in [0.15, 0.2) is 0 Å². The van der Waals surface area contributed by atoms with E-state index in [-0.39, 0.29) is 10.6 Å². The number of nitro benzene ring substituents is 1. The standard InChI is InChI=1S/C21H13Cl2NO2/c22-17-10-5-9-15-19(17)16(12-13-6-2-1-3-7-13)14-8-4-11-18(23)20(14)21(15)24(25)26/h1-11H,12H2. The van der Waals surface area contributed by atoms with Crippen LogP contribution in [0.3, 0.4) is 0 Å². The van der Waals surface area contributed by atoms with E-state index in [1.54, 1.807) is 24.3 Å². The summed E-state index contributed by atoms with van der Waals surface area (Å²) in [5.74, 6) is 0. The summed E-state index contributed by atoms with van der Waals surface area (Å²) < 4.78 is 0. The molecule has 0 bridgehead atoms. The van der Waals surface area contributed by atoms with Crippen LogP contribution in [0.25, 0.3) is 21.5 Å². The van der Waals surface area contributed by atoms with Crippen molar-refractivity contribution in [3.63, 3.8) is 0 Å². The highest BCUT2D eigenvalue weighted by Gasteiger charge is 2.24. The average Bonchev–Trinajstić information content (AvgIpc) is 2.63. The zero-order chi connectivity index (χ0) is 18.3. The molecule has 0 atom stereocenters. The molecule has 26 heavy (non-hydrogen) atoms. The molecule has 0 aliphatic rings. The molecule has 0 radical (unpaired) electrons. The van der Waals surface area contributed by atoms with Gasteiger partial charge in [-0.2, -0.15) is 0 Å². The summed E-state index contributed by atoms with van der Waals surface area (Å²) in [4.78, 5) is 11.5. The molecule has 0 N–H and O–H groups in total. The number of nitro groups is 1. The van der Waals surface area contributed by atoms with Crippen molar-refractivity contribution in [3.8, 4) is 0 Å². The summed E-state index contributed by atoms with van der Waals surface area (Å²) in [6.07, 6.45) is 0.607. The van der Waals surface area contributed by atoms with Crippen molar-refractivity contribution in [2.24, 2.45) is 0 Å². The third-order valence-electron chi connectivity index (χ3n) is 4.55. The van der Waals surface area contributed by atoms with Crippen LogP contribution in [0.5, 0.6) is 0 Å². The molecule has 0 aromatic heterocycles. The van der Waals surface area contributed by atoms with Crippen LogP contribution in [-0.2, 0) is 6.42 Å². The molecule has 4 aromatic rings. The average molecular weight is 382 g/mol. The Morgan fingerprint density at radius 1 is 0.769 bits per heavy atom. The van der Waals surface area contributed by atoms with Crippen LogP contribution in [0.2, 0.25) is 10.0 Å². The molecule has 0 saturated carbocycles. The molecule has 3 nitrogen and oxygen atoms in total. The van der Waals surface area contributed by atoms with E-state index in [9.17, 15) is 10.1 Å². The van der Waals surface area contributed by atoms with Gasteiger partial charge in [-0.3, -0.25) is 10.1 Å². The number of halogens is 2. The van der Waals surface area contributed by atoms with E-state index in [1.807, 2.05) is 42.5 Å². The van der Waals surface area contributed by atoms with E-state index in [0.717, 1.165) is 16.5 Å². The van der Waals surface area contributed by atoms with Gasteiger partial charge in [0.05, 0.1) is 20.7 Å². The number of non-ortho nitro benzene ring substituents is 1. The van der Waals surface area contributed by atoms with Gasteiger partial charge in [-0.05, 0) is 41.1 Å². The van der Waals surface area contributed by atoms with E-state index < -0.39 is 0 Å². The van der Waals surface area contributed by atoms with Gasteiger partial charge in [0.25, 0.3) is 5.69 Å². The van der Waals surface area contributed by atoms with Crippen molar-refractivity contribution in [1.82, 2.24) is 0 Å². The monoisotopic (exact) mass is 381 g/mol. The van der Waals surface area contributed by atoms with Crippen molar-refractivity contribution in [2.75, 3.05) is 0 Å². The second kappa shape index (κ2) is 6.60. The molecule has 0 aliphatic heterocycles. The number of benzene rings is 4. The minimum absolute atomic E-state index is 0.0000818. The van der Waals surface area contributed by atoms with Crippen LogP contribution in [0.1, 0.15) is 11.1 Å². The Morgan fingerprint density at radius 2 is 1.38 bits per heavy atom. The first-order valence-corrected chi connectivity index (χ1v) is 8.83. The van der Waals surface area contributed by atoms with Crippen molar-refractivity contribution < 1.29 is 4.92 Å². The van der Waals surface area contributed by atoms with Gasteiger partial charge in [0, 0.05) is 10.4 Å². The zero-order valence-corrected chi connectivity index (χ0v) is 15.1. The summed E-state index contributed by atoms with van der Waals surface area (Å²) in [5.41, 5.74) is 2.05. The molecule has 4 rings (SSSR count). The lowest BCUT2D eigenvalue weighted by Gasteiger charge is -2.14. The normalized spacial score (nSPS) is 11.2. The third-order valence-corrected chi connectivity index (χ3v) is 5.18. The molecule has 0 heterocycles. The lowest BCUT2D eigenvalue weighted by molar-refractivity contribution is -0.381. The topological polar surface area (TPSA) is 43.1 Å². The molecule has 5 heteroatoms. The number of fused-ring (bicyclic) bond motifs is 2. The van der Waals surface area contributed by atoms with Gasteiger partial charge in [0.1, 0.15) is 0 Å². The SMILES string of the molecule is O=[N+]([O-])c1c2cccc(Cl)c2c(Cc2ccccc2)c2cccc(Cl)c12. The highest BCUT2D eigenvalue weighted by Crippen LogP contribution is 2.44. The highest BCUT2D eigenvalue weighted by atomic mass is 35.5. The molecule has 0 unspecified atom stereocenters. The maximum absolute atomic E-state index is 11.9. The van der Waals surface area contributed by atoms with E-state index in [4.69, 9.17) is 23.2 Å². The lowest BCUT2D eigenvalue weighted by Crippen LogP contribution is -1.99. The second-order valence-electron chi connectivity index (χ2n) is 6.07. The summed E-state index contributed by atoms with van der Waals surface area (Å²) >= 11 is 12.9. The van der Waals surface area contributed by atoms with Crippen molar-refractivity contribution in [2.45, 2.75) is 6.42 Å². The smallest absolute Gasteiger partial charge is 0.258 e. The Labute approximate surface area is 159 Å². The van der Waals surface area contributed by atoms with Gasteiger partial charge < -0.3 is 0 Å². The predicted molar refractivity (Wildman–Crippen MR) is 107 cm³/mol. The zero-order valence-electron chi connectivity index (χ0n) is 13.6. The summed E-state index contributed by atoms with van der Waals surface area (Å²) in [7, 11) is 0. The van der Waals surface area contributed by atoms with E-state index in [0.29, 0.717) is 32.6 Å². The Hall–Kier alpha value is -2.62. The molecule has 4 aromatic carbocycles. The first-order chi connectivity index (χ1) is 12.6. The Balaban J connectivity index is 2.20. The second-order valence-corrected chi connectivity index (χ2v) is 6.89. The van der Waals surface area contributed by atoms with E-state index in [1.165, 1.54) is 0 Å². The van der Waals surface area contributed by atoms with Crippen molar-refractivity contribution >= 4 is 50.4 Å². The molecular weight excluding hydrogens is 369 g/mol. The molecule has 0 fully saturated rings. The molecular formula is C21H13Cl2NO2. The highest BCUT2D eigenvalue weighted by molar-refractivity contribution is 6.40. The molecule has 0 saturated heterocycles. The van der Waals surface area contributed by atoms with Crippen molar-refractivity contribution in [3.05, 3.63) is 98.0 Å². The van der Waals surface area contributed by atoms with Crippen LogP contribution in [-0.4, -0.2) is 4.92 Å². The van der Waals surface area contributed by atoms with Gasteiger partial charge in [0.2, 0.25) is 0 Å². The quantitative estimate of drug-likeness (QED) is 0.222. The molecule has 128 valence electrons. The predicted octanol–water partition coefficient (Wildman–Crippen LogP) is 6.80. The van der Waals surface area contributed by atoms with Crippen LogP contribution in [0.15, 0.2) is 66.7 Å². The maximum Gasteiger partial charge on any atom is 0.286 e. The lowest BCUT2D eigenvalue weighted by atomic mass is 9.91. The summed E-state index contributed by atoms with van der Waals surface area (Å²) in [6.45, 7) is 0. The largest absolute Gasteiger partial charge is 0.286 e. The molecule has 0 amide bonds. The van der Waals surface area contributed by atoms with Gasteiger partial charge >= 0.3 is 0 Å². The Kier molecular flexibility index (Phi) is 4.27. The number of rotatable bonds is 3. The number of nitrogens with zero attached hydrogens (tertiary/aromatic N) is 1. The fraction of sp³-hybridized carbons (Fsp3) is 0.0476. The van der Waals surface area contributed by atoms with E-state index in [2.05, 4.69) is 0 Å². The fourth-order valence-corrected chi connectivity index (χ4v) is 4.04. The van der Waals surface area contributed by atoms with Gasteiger partial charge in [-0.1, -0.05) is 71.7 Å². The minimum atomic E-state index is -0.376. The first kappa shape index (κ1) is 16.8. The van der Waals surface area contributed by atoms with Gasteiger partial charge in [-0.15, -0.1) is 0 Å². The van der Waals surface area contributed by atoms with Crippen molar-refractivity contribution in [1.29, 1.82) is 0 Å². The minimum Gasteiger partial charge on any atom is -0.258 e. The van der Waals surface area contributed by atoms with Crippen LogP contribution in [0, 0.1) is 10.1 Å². The Morgan fingerprint density at radius 3 is 2.04 bits per heavy atom. The van der Waals surface area contributed by atoms with E-state index >= 15 is 0 Å². The van der Waals surface area contributed by atoms with Crippen LogP contribution >= 0.6 is 23.2 Å². The molecule has 0 spiro atoms. The number of hydrogen-bond donors (Lipinski definition) is 0.